The molecule has 2 aromatic carbocycles. The maximum absolute atomic E-state index is 6.34. The van der Waals surface area contributed by atoms with Crippen molar-refractivity contribution in [2.24, 2.45) is 0 Å². The van der Waals surface area contributed by atoms with Gasteiger partial charge in [0.2, 0.25) is 0 Å². The summed E-state index contributed by atoms with van der Waals surface area (Å²) in [6.45, 7) is 4.38. The molecule has 0 N–H and O–H groups in total. The number of unbranched alkanes of at least 4 members (excludes halogenated alkanes) is 1. The predicted molar refractivity (Wildman–Crippen MR) is 91.4 cm³/mol. The first-order valence-electron chi connectivity index (χ1n) is 7.50. The molecule has 0 aliphatic heterocycles. The summed E-state index contributed by atoms with van der Waals surface area (Å²) in [6.07, 6.45) is 6.78. The third kappa shape index (κ3) is 4.11. The Morgan fingerprint density at radius 2 is 1.90 bits per heavy atom. The van der Waals surface area contributed by atoms with Crippen molar-refractivity contribution in [1.29, 1.82) is 0 Å². The van der Waals surface area contributed by atoms with E-state index in [4.69, 9.17) is 11.6 Å². The van der Waals surface area contributed by atoms with Gasteiger partial charge in [0.15, 0.2) is 0 Å². The molecule has 0 heterocycles. The predicted octanol–water partition coefficient (Wildman–Crippen LogP) is 6.43. The number of hydrogen-bond donors (Lipinski definition) is 0. The highest BCUT2D eigenvalue weighted by Gasteiger charge is 2.03. The fourth-order valence-corrected chi connectivity index (χ4v) is 2.64. The standard InChI is InChI=1S/C19H23Cl/c1-3-4-9-19(20)13-10-15(2)17-12-11-16-7-5-6-8-18(16)14-17/h5-8,10-12,14,19H,3-4,9,13H2,1-2H3. The number of alkyl halides is 1. The van der Waals surface area contributed by atoms with E-state index in [1.54, 1.807) is 0 Å². The maximum Gasteiger partial charge on any atom is 0.0370 e. The van der Waals surface area contributed by atoms with Crippen molar-refractivity contribution >= 4 is 27.9 Å². The van der Waals surface area contributed by atoms with Gasteiger partial charge in [0.05, 0.1) is 0 Å². The van der Waals surface area contributed by atoms with E-state index < -0.39 is 0 Å². The summed E-state index contributed by atoms with van der Waals surface area (Å²) >= 11 is 6.34. The summed E-state index contributed by atoms with van der Waals surface area (Å²) in [5.41, 5.74) is 2.61. The van der Waals surface area contributed by atoms with E-state index in [-0.39, 0.29) is 5.38 Å². The van der Waals surface area contributed by atoms with E-state index in [1.165, 1.54) is 34.8 Å². The molecule has 20 heavy (non-hydrogen) atoms. The van der Waals surface area contributed by atoms with Gasteiger partial charge in [-0.2, -0.15) is 0 Å². The minimum atomic E-state index is 0.269. The largest absolute Gasteiger partial charge is 0.123 e. The molecule has 0 bridgehead atoms. The van der Waals surface area contributed by atoms with Crippen LogP contribution in [0.1, 0.15) is 45.1 Å². The van der Waals surface area contributed by atoms with Crippen LogP contribution in [0.4, 0.5) is 0 Å². The fourth-order valence-electron chi connectivity index (χ4n) is 2.40. The molecule has 1 heteroatoms. The lowest BCUT2D eigenvalue weighted by Gasteiger charge is -2.08. The molecule has 106 valence electrons. The first-order valence-corrected chi connectivity index (χ1v) is 7.94. The minimum absolute atomic E-state index is 0.269. The summed E-state index contributed by atoms with van der Waals surface area (Å²) in [7, 11) is 0. The average molecular weight is 287 g/mol. The zero-order chi connectivity index (χ0) is 14.4. The smallest absolute Gasteiger partial charge is 0.0370 e. The van der Waals surface area contributed by atoms with Crippen molar-refractivity contribution in [3.8, 4) is 0 Å². The molecule has 0 aliphatic rings. The normalized spacial score (nSPS) is 13.7. The van der Waals surface area contributed by atoms with Gasteiger partial charge in [0, 0.05) is 5.38 Å². The number of rotatable bonds is 6. The van der Waals surface area contributed by atoms with Gasteiger partial charge in [-0.3, -0.25) is 0 Å². The summed E-state index contributed by atoms with van der Waals surface area (Å²) in [5, 5.41) is 2.86. The van der Waals surface area contributed by atoms with Crippen LogP contribution in [0.2, 0.25) is 0 Å². The van der Waals surface area contributed by atoms with Gasteiger partial charge in [0.1, 0.15) is 0 Å². The van der Waals surface area contributed by atoms with Crippen LogP contribution in [0.15, 0.2) is 48.5 Å². The van der Waals surface area contributed by atoms with Crippen LogP contribution in [-0.4, -0.2) is 5.38 Å². The van der Waals surface area contributed by atoms with Crippen molar-refractivity contribution in [2.45, 2.75) is 44.9 Å². The molecule has 0 fully saturated rings. The second-order valence-corrected chi connectivity index (χ2v) is 6.04. The summed E-state index contributed by atoms with van der Waals surface area (Å²) in [4.78, 5) is 0. The maximum atomic E-state index is 6.34. The Balaban J connectivity index is 2.08. The molecular formula is C19H23Cl. The molecule has 2 aromatic rings. The molecule has 0 amide bonds. The average Bonchev–Trinajstić information content (AvgIpc) is 2.50. The van der Waals surface area contributed by atoms with Crippen molar-refractivity contribution in [1.82, 2.24) is 0 Å². The Labute approximate surface area is 127 Å². The van der Waals surface area contributed by atoms with E-state index in [0.717, 1.165) is 12.8 Å². The van der Waals surface area contributed by atoms with Gasteiger partial charge in [-0.25, -0.2) is 0 Å². The zero-order valence-corrected chi connectivity index (χ0v) is 13.2. The van der Waals surface area contributed by atoms with Crippen LogP contribution in [0.25, 0.3) is 16.3 Å². The molecule has 0 radical (unpaired) electrons. The van der Waals surface area contributed by atoms with Crippen LogP contribution >= 0.6 is 11.6 Å². The summed E-state index contributed by atoms with van der Waals surface area (Å²) in [6, 6.07) is 15.1. The molecular weight excluding hydrogens is 264 g/mol. The highest BCUT2D eigenvalue weighted by Crippen LogP contribution is 2.22. The second kappa shape index (κ2) is 7.50. The Morgan fingerprint density at radius 1 is 1.15 bits per heavy atom. The number of benzene rings is 2. The highest BCUT2D eigenvalue weighted by molar-refractivity contribution is 6.20. The quantitative estimate of drug-likeness (QED) is 0.537. The lowest BCUT2D eigenvalue weighted by molar-refractivity contribution is 0.681. The van der Waals surface area contributed by atoms with Crippen molar-refractivity contribution in [2.75, 3.05) is 0 Å². The van der Waals surface area contributed by atoms with Crippen molar-refractivity contribution < 1.29 is 0 Å². The third-order valence-electron chi connectivity index (χ3n) is 3.76. The molecule has 0 aliphatic carbocycles. The number of allylic oxidation sites excluding steroid dienone is 2. The fraction of sp³-hybridized carbons (Fsp3) is 0.368. The number of hydrogen-bond acceptors (Lipinski definition) is 0. The van der Waals surface area contributed by atoms with Gasteiger partial charge >= 0.3 is 0 Å². The Hall–Kier alpha value is -1.27. The monoisotopic (exact) mass is 286 g/mol. The SMILES string of the molecule is CCCCC(Cl)CC=C(C)c1ccc2ccccc2c1. The molecule has 0 nitrogen and oxygen atoms in total. The zero-order valence-electron chi connectivity index (χ0n) is 12.4. The van der Waals surface area contributed by atoms with Gasteiger partial charge in [0.25, 0.3) is 0 Å². The van der Waals surface area contributed by atoms with Crippen molar-refractivity contribution in [3.05, 3.63) is 54.1 Å². The van der Waals surface area contributed by atoms with Gasteiger partial charge in [-0.1, -0.05) is 62.2 Å². The lowest BCUT2D eigenvalue weighted by atomic mass is 10.0. The molecule has 0 spiro atoms. The van der Waals surface area contributed by atoms with E-state index in [0.29, 0.717) is 0 Å². The van der Waals surface area contributed by atoms with E-state index in [1.807, 2.05) is 0 Å². The molecule has 0 saturated carbocycles. The van der Waals surface area contributed by atoms with Crippen LogP contribution in [0.3, 0.4) is 0 Å². The van der Waals surface area contributed by atoms with E-state index in [9.17, 15) is 0 Å². The summed E-state index contributed by atoms with van der Waals surface area (Å²) < 4.78 is 0. The van der Waals surface area contributed by atoms with Crippen molar-refractivity contribution in [3.63, 3.8) is 0 Å². The minimum Gasteiger partial charge on any atom is -0.123 e. The van der Waals surface area contributed by atoms with E-state index >= 15 is 0 Å². The van der Waals surface area contributed by atoms with Crippen LogP contribution in [-0.2, 0) is 0 Å². The Bertz CT molecular complexity index is 583. The first kappa shape index (κ1) is 15.1. The summed E-state index contributed by atoms with van der Waals surface area (Å²) in [5.74, 6) is 0. The molecule has 0 saturated heterocycles. The van der Waals surface area contributed by atoms with Crippen LogP contribution < -0.4 is 0 Å². The third-order valence-corrected chi connectivity index (χ3v) is 4.15. The van der Waals surface area contributed by atoms with Crippen LogP contribution in [0, 0.1) is 0 Å². The Morgan fingerprint density at radius 3 is 2.65 bits per heavy atom. The molecule has 0 aromatic heterocycles. The Kier molecular flexibility index (Phi) is 5.67. The molecule has 1 atom stereocenters. The molecule has 2 rings (SSSR count). The number of halogens is 1. The van der Waals surface area contributed by atoms with Gasteiger partial charge in [-0.05, 0) is 47.7 Å². The lowest BCUT2D eigenvalue weighted by Crippen LogP contribution is -1.96. The first-order chi connectivity index (χ1) is 9.70. The van der Waals surface area contributed by atoms with E-state index in [2.05, 4.69) is 62.4 Å². The topological polar surface area (TPSA) is 0 Å². The highest BCUT2D eigenvalue weighted by atomic mass is 35.5. The second-order valence-electron chi connectivity index (χ2n) is 5.42. The molecule has 1 unspecified atom stereocenters. The van der Waals surface area contributed by atoms with Gasteiger partial charge < -0.3 is 0 Å². The van der Waals surface area contributed by atoms with Gasteiger partial charge in [-0.15, -0.1) is 11.6 Å². The number of fused-ring (bicyclic) bond motifs is 1. The van der Waals surface area contributed by atoms with Crippen LogP contribution in [0.5, 0.6) is 0 Å².